The van der Waals surface area contributed by atoms with Crippen LogP contribution in [0, 0.1) is 6.92 Å². The first-order valence-corrected chi connectivity index (χ1v) is 10.2. The Morgan fingerprint density at radius 3 is 2.60 bits per heavy atom. The number of aromatic nitrogens is 2. The number of anilines is 1. The summed E-state index contributed by atoms with van der Waals surface area (Å²) in [6.07, 6.45) is 4.08. The number of benzene rings is 1. The lowest BCUT2D eigenvalue weighted by molar-refractivity contribution is -0.136. The summed E-state index contributed by atoms with van der Waals surface area (Å²) in [6, 6.07) is 6.54. The van der Waals surface area contributed by atoms with E-state index >= 15 is 0 Å². The number of piperidine rings is 1. The number of nitrogens with zero attached hydrogens (tertiary/aromatic N) is 3. The zero-order chi connectivity index (χ0) is 21.7. The lowest BCUT2D eigenvalue weighted by atomic mass is 10.0. The van der Waals surface area contributed by atoms with Crippen molar-refractivity contribution < 1.29 is 14.4 Å². The van der Waals surface area contributed by atoms with E-state index in [2.05, 4.69) is 20.6 Å². The van der Waals surface area contributed by atoms with Gasteiger partial charge in [-0.05, 0) is 50.5 Å². The molecule has 2 aromatic rings. The van der Waals surface area contributed by atoms with Crippen molar-refractivity contribution in [3.63, 3.8) is 0 Å². The molecule has 1 aliphatic heterocycles. The van der Waals surface area contributed by atoms with Crippen LogP contribution in [0.5, 0.6) is 0 Å². The highest BCUT2D eigenvalue weighted by molar-refractivity contribution is 6.30. The normalized spacial score (nSPS) is 16.1. The summed E-state index contributed by atoms with van der Waals surface area (Å²) < 4.78 is 0. The van der Waals surface area contributed by atoms with Gasteiger partial charge < -0.3 is 15.5 Å². The Balaban J connectivity index is 1.75. The van der Waals surface area contributed by atoms with Crippen LogP contribution in [0.25, 0.3) is 0 Å². The fourth-order valence-corrected chi connectivity index (χ4v) is 3.53. The summed E-state index contributed by atoms with van der Waals surface area (Å²) in [7, 11) is 0. The van der Waals surface area contributed by atoms with Gasteiger partial charge in [-0.3, -0.25) is 14.4 Å². The molecule has 3 rings (SSSR count). The molecule has 1 saturated heterocycles. The van der Waals surface area contributed by atoms with Crippen molar-refractivity contribution >= 4 is 35.0 Å². The molecule has 0 bridgehead atoms. The first-order chi connectivity index (χ1) is 14.3. The maximum absolute atomic E-state index is 12.6. The lowest BCUT2D eigenvalue weighted by Gasteiger charge is -2.35. The third-order valence-electron chi connectivity index (χ3n) is 4.95. The fraction of sp³-hybridized carbons (Fsp3) is 0.381. The van der Waals surface area contributed by atoms with E-state index in [1.165, 1.54) is 13.1 Å². The predicted molar refractivity (Wildman–Crippen MR) is 113 cm³/mol. The molecular weight excluding hydrogens is 406 g/mol. The van der Waals surface area contributed by atoms with Crippen molar-refractivity contribution in [2.45, 2.75) is 39.2 Å². The van der Waals surface area contributed by atoms with Gasteiger partial charge in [0.25, 0.3) is 5.91 Å². The number of aryl methyl sites for hydroxylation is 1. The summed E-state index contributed by atoms with van der Waals surface area (Å²) in [5, 5.41) is 5.93. The van der Waals surface area contributed by atoms with Crippen molar-refractivity contribution in [1.82, 2.24) is 20.2 Å². The molecule has 0 radical (unpaired) electrons. The molecule has 1 aromatic heterocycles. The quantitative estimate of drug-likeness (QED) is 0.760. The number of likely N-dealkylation sites (tertiary alicyclic amines) is 1. The van der Waals surface area contributed by atoms with Crippen molar-refractivity contribution in [2.24, 2.45) is 0 Å². The zero-order valence-corrected chi connectivity index (χ0v) is 17.7. The summed E-state index contributed by atoms with van der Waals surface area (Å²) in [5.41, 5.74) is 1.52. The Morgan fingerprint density at radius 2 is 1.93 bits per heavy atom. The van der Waals surface area contributed by atoms with Gasteiger partial charge in [-0.25, -0.2) is 9.97 Å². The molecule has 1 atom stereocenters. The number of hydrogen-bond donors (Lipinski definition) is 2. The molecule has 0 unspecified atom stereocenters. The maximum atomic E-state index is 12.6. The first kappa shape index (κ1) is 21.7. The molecule has 8 nitrogen and oxygen atoms in total. The molecule has 30 heavy (non-hydrogen) atoms. The van der Waals surface area contributed by atoms with Gasteiger partial charge in [-0.2, -0.15) is 0 Å². The summed E-state index contributed by atoms with van der Waals surface area (Å²) in [4.78, 5) is 46.9. The van der Waals surface area contributed by atoms with Crippen molar-refractivity contribution in [1.29, 1.82) is 0 Å². The van der Waals surface area contributed by atoms with Gasteiger partial charge in [0.1, 0.15) is 0 Å². The molecule has 0 aliphatic carbocycles. The lowest BCUT2D eigenvalue weighted by Crippen LogP contribution is -2.44. The number of nitrogens with one attached hydrogen (secondary N) is 2. The molecular formula is C21H24ClN5O3. The first-order valence-electron chi connectivity index (χ1n) is 9.79. The largest absolute Gasteiger partial charge is 0.347 e. The van der Waals surface area contributed by atoms with Gasteiger partial charge in [0.2, 0.25) is 11.8 Å². The molecule has 1 aromatic carbocycles. The SMILES string of the molecule is CC(=O)NCC(=O)N1CCCC[C@@H]1c1ncc(C(=O)Nc2ccc(Cl)cc2)c(C)n1. The average molecular weight is 430 g/mol. The van der Waals surface area contributed by atoms with E-state index in [9.17, 15) is 14.4 Å². The number of halogens is 1. The second-order valence-electron chi connectivity index (χ2n) is 7.20. The molecule has 0 spiro atoms. The van der Waals surface area contributed by atoms with E-state index in [0.717, 1.165) is 19.3 Å². The molecule has 158 valence electrons. The Kier molecular flexibility index (Phi) is 6.99. The molecule has 0 saturated carbocycles. The van der Waals surface area contributed by atoms with E-state index in [0.29, 0.717) is 34.3 Å². The van der Waals surface area contributed by atoms with Gasteiger partial charge in [-0.15, -0.1) is 0 Å². The highest BCUT2D eigenvalue weighted by atomic mass is 35.5. The molecule has 2 heterocycles. The van der Waals surface area contributed by atoms with Gasteiger partial charge in [0.05, 0.1) is 23.8 Å². The van der Waals surface area contributed by atoms with E-state index in [4.69, 9.17) is 11.6 Å². The van der Waals surface area contributed by atoms with Crippen LogP contribution < -0.4 is 10.6 Å². The minimum atomic E-state index is -0.316. The minimum absolute atomic E-state index is 0.0492. The standard InChI is InChI=1S/C21H24ClN5O3/c1-13-17(21(30)26-16-8-6-15(22)7-9-16)11-24-20(25-13)18-5-3-4-10-27(18)19(29)12-23-14(2)28/h6-9,11,18H,3-5,10,12H2,1-2H3,(H,23,28)(H,26,30)/t18-/m1/s1. The Bertz CT molecular complexity index is 948. The van der Waals surface area contributed by atoms with Gasteiger partial charge >= 0.3 is 0 Å². The molecule has 9 heteroatoms. The highest BCUT2D eigenvalue weighted by Crippen LogP contribution is 2.29. The molecule has 1 fully saturated rings. The molecule has 3 amide bonds. The highest BCUT2D eigenvalue weighted by Gasteiger charge is 2.30. The summed E-state index contributed by atoms with van der Waals surface area (Å²) in [5.74, 6) is -0.226. The van der Waals surface area contributed by atoms with Crippen LogP contribution in [0.4, 0.5) is 5.69 Å². The second kappa shape index (κ2) is 9.67. The van der Waals surface area contributed by atoms with Gasteiger partial charge in [0, 0.05) is 30.4 Å². The smallest absolute Gasteiger partial charge is 0.259 e. The number of carbonyl (C=O) groups is 3. The van der Waals surface area contributed by atoms with Crippen LogP contribution >= 0.6 is 11.6 Å². The van der Waals surface area contributed by atoms with Crippen LogP contribution in [0.15, 0.2) is 30.5 Å². The van der Waals surface area contributed by atoms with Crippen LogP contribution in [0.1, 0.15) is 54.1 Å². The molecule has 1 aliphatic rings. The van der Waals surface area contributed by atoms with Crippen molar-refractivity contribution in [3.8, 4) is 0 Å². The van der Waals surface area contributed by atoms with Crippen LogP contribution in [-0.4, -0.2) is 45.7 Å². The Morgan fingerprint density at radius 1 is 1.20 bits per heavy atom. The van der Waals surface area contributed by atoms with Gasteiger partial charge in [-0.1, -0.05) is 11.6 Å². The fourth-order valence-electron chi connectivity index (χ4n) is 3.40. The molecule has 2 N–H and O–H groups in total. The number of hydrogen-bond acceptors (Lipinski definition) is 5. The number of carbonyl (C=O) groups excluding carboxylic acids is 3. The average Bonchev–Trinajstić information content (AvgIpc) is 2.73. The van der Waals surface area contributed by atoms with E-state index in [1.807, 2.05) is 0 Å². The van der Waals surface area contributed by atoms with Crippen LogP contribution in [-0.2, 0) is 9.59 Å². The minimum Gasteiger partial charge on any atom is -0.347 e. The Labute approximate surface area is 180 Å². The zero-order valence-electron chi connectivity index (χ0n) is 16.9. The van der Waals surface area contributed by atoms with Crippen LogP contribution in [0.2, 0.25) is 5.02 Å². The van der Waals surface area contributed by atoms with Crippen molar-refractivity contribution in [3.05, 3.63) is 52.6 Å². The number of amides is 3. The van der Waals surface area contributed by atoms with E-state index in [1.54, 1.807) is 36.1 Å². The summed E-state index contributed by atoms with van der Waals surface area (Å²) >= 11 is 5.87. The van der Waals surface area contributed by atoms with E-state index in [-0.39, 0.29) is 30.3 Å². The van der Waals surface area contributed by atoms with Crippen molar-refractivity contribution in [2.75, 3.05) is 18.4 Å². The maximum Gasteiger partial charge on any atom is 0.259 e. The Hall–Kier alpha value is -3.00. The second-order valence-corrected chi connectivity index (χ2v) is 7.63. The number of rotatable bonds is 5. The third kappa shape index (κ3) is 5.33. The van der Waals surface area contributed by atoms with E-state index < -0.39 is 0 Å². The monoisotopic (exact) mass is 429 g/mol. The van der Waals surface area contributed by atoms with Gasteiger partial charge in [0.15, 0.2) is 5.82 Å². The third-order valence-corrected chi connectivity index (χ3v) is 5.21. The topological polar surface area (TPSA) is 104 Å². The van der Waals surface area contributed by atoms with Crippen LogP contribution in [0.3, 0.4) is 0 Å². The predicted octanol–water partition coefficient (Wildman–Crippen LogP) is 2.88. The summed E-state index contributed by atoms with van der Waals surface area (Å²) in [6.45, 7) is 3.66.